The average Bonchev–Trinajstić information content (AvgIpc) is 2.89. The molecule has 0 aliphatic carbocycles. The largest absolute Gasteiger partial charge is 0.477 e. The van der Waals surface area contributed by atoms with Crippen LogP contribution in [0.25, 0.3) is 0 Å². The van der Waals surface area contributed by atoms with E-state index in [-0.39, 0.29) is 0 Å². The highest BCUT2D eigenvalue weighted by molar-refractivity contribution is 7.15. The summed E-state index contributed by atoms with van der Waals surface area (Å²) in [5.74, 6) is -0.905. The van der Waals surface area contributed by atoms with Crippen molar-refractivity contribution in [1.29, 1.82) is 0 Å². The number of hydrogen-bond donors (Lipinski definition) is 1. The minimum absolute atomic E-state index is 0.334. The van der Waals surface area contributed by atoms with Gasteiger partial charge in [0.1, 0.15) is 4.88 Å². The lowest BCUT2D eigenvalue weighted by molar-refractivity contribution is -0.120. The van der Waals surface area contributed by atoms with E-state index in [0.717, 1.165) is 9.75 Å². The lowest BCUT2D eigenvalue weighted by Crippen LogP contribution is -1.89. The third-order valence-electron chi connectivity index (χ3n) is 2.02. The Morgan fingerprint density at radius 3 is 2.59 bits per heavy atom. The number of carbonyl (C=O) groups excluding carboxylic acids is 1. The molecule has 0 saturated carbocycles. The molecule has 1 N–H and O–H groups in total. The van der Waals surface area contributed by atoms with Gasteiger partial charge < -0.3 is 9.84 Å². The van der Waals surface area contributed by atoms with Gasteiger partial charge in [-0.05, 0) is 24.3 Å². The van der Waals surface area contributed by atoms with Crippen LogP contribution in [-0.4, -0.2) is 17.5 Å². The van der Waals surface area contributed by atoms with Crippen LogP contribution in [0.1, 0.15) is 19.4 Å². The zero-order chi connectivity index (χ0) is 12.3. The highest BCUT2D eigenvalue weighted by Gasteiger charge is 2.08. The van der Waals surface area contributed by atoms with Crippen LogP contribution in [0.15, 0.2) is 24.3 Å². The number of aromatic carboxylic acids is 1. The molecule has 6 heteroatoms. The molecule has 0 atom stereocenters. The van der Waals surface area contributed by atoms with Crippen molar-refractivity contribution < 1.29 is 19.4 Å². The first-order valence-corrected chi connectivity index (χ1v) is 6.33. The van der Waals surface area contributed by atoms with Crippen LogP contribution in [0.3, 0.4) is 0 Å². The van der Waals surface area contributed by atoms with Crippen molar-refractivity contribution in [2.24, 2.45) is 0 Å². The van der Waals surface area contributed by atoms with Gasteiger partial charge >= 0.3 is 5.97 Å². The van der Waals surface area contributed by atoms with Gasteiger partial charge in [-0.3, -0.25) is 4.79 Å². The van der Waals surface area contributed by atoms with Crippen LogP contribution in [0, 0.1) is 0 Å². The Hall–Kier alpha value is -1.66. The molecule has 0 aromatic carbocycles. The summed E-state index contributed by atoms with van der Waals surface area (Å²) >= 11 is 2.63. The van der Waals surface area contributed by atoms with E-state index in [4.69, 9.17) is 9.84 Å². The molecule has 0 aliphatic rings. The van der Waals surface area contributed by atoms with Gasteiger partial charge in [0.25, 0.3) is 6.47 Å². The van der Waals surface area contributed by atoms with E-state index < -0.39 is 5.97 Å². The molecule has 0 unspecified atom stereocenters. The van der Waals surface area contributed by atoms with Crippen molar-refractivity contribution in [2.75, 3.05) is 0 Å². The number of hydrogen-bond acceptors (Lipinski definition) is 5. The number of carboxylic acids is 1. The molecule has 4 nitrogen and oxygen atoms in total. The van der Waals surface area contributed by atoms with Crippen LogP contribution < -0.4 is 4.74 Å². The Kier molecular flexibility index (Phi) is 3.55. The third kappa shape index (κ3) is 2.92. The summed E-state index contributed by atoms with van der Waals surface area (Å²) in [6.45, 7) is 0.392. The Bertz CT molecular complexity index is 541. The molecule has 88 valence electrons. The second-order valence-electron chi connectivity index (χ2n) is 3.18. The van der Waals surface area contributed by atoms with E-state index in [1.54, 1.807) is 18.2 Å². The van der Waals surface area contributed by atoms with E-state index in [2.05, 4.69) is 0 Å². The lowest BCUT2D eigenvalue weighted by Gasteiger charge is -1.92. The summed E-state index contributed by atoms with van der Waals surface area (Å²) in [4.78, 5) is 23.2. The molecule has 0 aliphatic heterocycles. The number of carboxylic acid groups (broad SMARTS) is 1. The van der Waals surface area contributed by atoms with Crippen LogP contribution in [0.2, 0.25) is 0 Å². The molecule has 0 radical (unpaired) electrons. The molecule has 2 heterocycles. The monoisotopic (exact) mass is 268 g/mol. The molecule has 0 amide bonds. The van der Waals surface area contributed by atoms with E-state index in [0.29, 0.717) is 22.8 Å². The topological polar surface area (TPSA) is 63.6 Å². The molecule has 2 rings (SSSR count). The maximum absolute atomic E-state index is 10.7. The fraction of sp³-hybridized carbons (Fsp3) is 0.0909. The quantitative estimate of drug-likeness (QED) is 0.847. The molecule has 2 aromatic heterocycles. The normalized spacial score (nSPS) is 10.1. The summed E-state index contributed by atoms with van der Waals surface area (Å²) in [5, 5.41) is 9.34. The van der Waals surface area contributed by atoms with Gasteiger partial charge in [-0.25, -0.2) is 4.79 Å². The average molecular weight is 268 g/mol. The molecular formula is C11H8O4S2. The van der Waals surface area contributed by atoms with Crippen LogP contribution >= 0.6 is 22.7 Å². The summed E-state index contributed by atoms with van der Waals surface area (Å²) in [5.41, 5.74) is 0. The smallest absolute Gasteiger partial charge is 0.345 e. The molecule has 2 aromatic rings. The molecule has 17 heavy (non-hydrogen) atoms. The van der Waals surface area contributed by atoms with E-state index in [9.17, 15) is 9.59 Å². The molecule has 0 spiro atoms. The van der Waals surface area contributed by atoms with Gasteiger partial charge in [-0.2, -0.15) is 0 Å². The summed E-state index contributed by atoms with van der Waals surface area (Å²) < 4.78 is 4.71. The Labute approximate surface area is 105 Å². The predicted molar refractivity (Wildman–Crippen MR) is 65.1 cm³/mol. The standard InChI is InChI=1S/C11H8O4S2/c12-6-15-10-4-2-8(17-10)5-7-1-3-9(16-7)11(13)14/h1-4,6H,5H2,(H,13,14). The van der Waals surface area contributed by atoms with Crippen molar-refractivity contribution >= 4 is 35.1 Å². The zero-order valence-electron chi connectivity index (χ0n) is 8.58. The molecule has 0 saturated heterocycles. The van der Waals surface area contributed by atoms with Gasteiger partial charge in [-0.15, -0.1) is 22.7 Å². The van der Waals surface area contributed by atoms with Crippen molar-refractivity contribution in [3.63, 3.8) is 0 Å². The Morgan fingerprint density at radius 1 is 1.24 bits per heavy atom. The number of carbonyl (C=O) groups is 2. The van der Waals surface area contributed by atoms with E-state index in [1.165, 1.54) is 22.7 Å². The number of thiophene rings is 2. The van der Waals surface area contributed by atoms with Crippen LogP contribution in [0.4, 0.5) is 0 Å². The number of rotatable bonds is 5. The van der Waals surface area contributed by atoms with Crippen molar-refractivity contribution in [3.05, 3.63) is 38.9 Å². The highest BCUT2D eigenvalue weighted by atomic mass is 32.1. The summed E-state index contributed by atoms with van der Waals surface area (Å²) in [7, 11) is 0. The SMILES string of the molecule is O=COc1ccc(Cc2ccc(C(=O)O)s2)s1. The first-order chi connectivity index (χ1) is 8.19. The van der Waals surface area contributed by atoms with Crippen molar-refractivity contribution in [1.82, 2.24) is 0 Å². The Morgan fingerprint density at radius 2 is 1.94 bits per heavy atom. The fourth-order valence-corrected chi connectivity index (χ4v) is 3.13. The Balaban J connectivity index is 2.08. The first kappa shape index (κ1) is 11.8. The van der Waals surface area contributed by atoms with Gasteiger partial charge in [0, 0.05) is 16.2 Å². The minimum Gasteiger partial charge on any atom is -0.477 e. The zero-order valence-corrected chi connectivity index (χ0v) is 10.2. The van der Waals surface area contributed by atoms with E-state index >= 15 is 0 Å². The lowest BCUT2D eigenvalue weighted by atomic mass is 10.3. The molecular weight excluding hydrogens is 260 g/mol. The van der Waals surface area contributed by atoms with E-state index in [1.807, 2.05) is 6.07 Å². The maximum atomic E-state index is 10.7. The van der Waals surface area contributed by atoms with Gasteiger partial charge in [0.15, 0.2) is 5.06 Å². The summed E-state index contributed by atoms with van der Waals surface area (Å²) in [6, 6.07) is 6.98. The van der Waals surface area contributed by atoms with Crippen LogP contribution in [-0.2, 0) is 11.2 Å². The van der Waals surface area contributed by atoms with Gasteiger partial charge in [0.2, 0.25) is 0 Å². The second kappa shape index (κ2) is 5.11. The summed E-state index contributed by atoms with van der Waals surface area (Å²) in [6.07, 6.45) is 0.658. The maximum Gasteiger partial charge on any atom is 0.345 e. The first-order valence-electron chi connectivity index (χ1n) is 4.70. The van der Waals surface area contributed by atoms with Gasteiger partial charge in [-0.1, -0.05) is 0 Å². The van der Waals surface area contributed by atoms with Gasteiger partial charge in [0.05, 0.1) is 0 Å². The highest BCUT2D eigenvalue weighted by Crippen LogP contribution is 2.28. The molecule has 0 bridgehead atoms. The predicted octanol–water partition coefficient (Wildman–Crippen LogP) is 2.63. The van der Waals surface area contributed by atoms with Crippen LogP contribution in [0.5, 0.6) is 5.06 Å². The minimum atomic E-state index is -0.905. The third-order valence-corrected chi connectivity index (χ3v) is 4.07. The fourth-order valence-electron chi connectivity index (χ4n) is 1.32. The second-order valence-corrected chi connectivity index (χ2v) is 5.48. The molecule has 0 fully saturated rings. The number of ether oxygens (including phenoxy) is 1. The van der Waals surface area contributed by atoms with Crippen molar-refractivity contribution in [2.45, 2.75) is 6.42 Å². The van der Waals surface area contributed by atoms with Crippen molar-refractivity contribution in [3.8, 4) is 5.06 Å².